The fourth-order valence-corrected chi connectivity index (χ4v) is 6.55. The maximum absolute atomic E-state index is 13.6. The molecule has 2 aliphatic rings. The number of rotatable bonds is 9. The molecule has 2 saturated heterocycles. The van der Waals surface area contributed by atoms with Gasteiger partial charge in [-0.25, -0.2) is 9.78 Å². The van der Waals surface area contributed by atoms with Crippen LogP contribution in [0.4, 0.5) is 37.0 Å². The number of aliphatic carboxylic acids is 1. The lowest BCUT2D eigenvalue weighted by Crippen LogP contribution is -2.38. The van der Waals surface area contributed by atoms with Crippen molar-refractivity contribution in [2.24, 2.45) is 0 Å². The second-order valence-electron chi connectivity index (χ2n) is 11.1. The third kappa shape index (κ3) is 7.36. The Morgan fingerprint density at radius 3 is 2.19 bits per heavy atom. The lowest BCUT2D eigenvalue weighted by molar-refractivity contribution is -0.143. The average molecular weight is 889 g/mol. The number of benzene rings is 2. The number of cyclic esters (lactones) is 1. The molecule has 0 aliphatic carbocycles. The molecule has 4 atom stereocenters. The zero-order valence-electron chi connectivity index (χ0n) is 24.7. The van der Waals surface area contributed by atoms with Crippen molar-refractivity contribution >= 4 is 63.1 Å². The second kappa shape index (κ2) is 13.5. The summed E-state index contributed by atoms with van der Waals surface area (Å²) < 4.78 is 91.4. The minimum Gasteiger partial charge on any atom is -0.496 e. The molecule has 8 nitrogen and oxygen atoms in total. The molecule has 47 heavy (non-hydrogen) atoms. The predicted octanol–water partition coefficient (Wildman–Crippen LogP) is 8.45. The molecule has 0 bridgehead atoms. The van der Waals surface area contributed by atoms with Gasteiger partial charge in [0.25, 0.3) is 0 Å². The predicted molar refractivity (Wildman–Crippen MR) is 176 cm³/mol. The highest BCUT2D eigenvalue weighted by Gasteiger charge is 2.44. The lowest BCUT2D eigenvalue weighted by atomic mass is 9.96. The molecule has 2 aliphatic heterocycles. The molecule has 5 rings (SSSR count). The first-order valence-electron chi connectivity index (χ1n) is 14.2. The van der Waals surface area contributed by atoms with Gasteiger partial charge in [-0.1, -0.05) is 51.2 Å². The van der Waals surface area contributed by atoms with E-state index in [2.05, 4.69) is 0 Å². The third-order valence-corrected chi connectivity index (χ3v) is 12.2. The largest absolute Gasteiger partial charge is 0.496 e. The van der Waals surface area contributed by atoms with Gasteiger partial charge in [0.05, 0.1) is 40.4 Å². The van der Waals surface area contributed by atoms with Crippen molar-refractivity contribution < 1.29 is 50.5 Å². The van der Waals surface area contributed by atoms with Crippen molar-refractivity contribution in [3.63, 3.8) is 0 Å². The Labute approximate surface area is 292 Å². The van der Waals surface area contributed by atoms with Gasteiger partial charge in [-0.15, -0.1) is 0 Å². The quantitative estimate of drug-likeness (QED) is 0.131. The van der Waals surface area contributed by atoms with E-state index in [1.165, 1.54) is 18.9 Å². The highest BCUT2D eigenvalue weighted by atomic mass is 127. The summed E-state index contributed by atoms with van der Waals surface area (Å²) in [6.45, 7) is 2.81. The van der Waals surface area contributed by atoms with Crippen molar-refractivity contribution in [2.75, 3.05) is 25.1 Å². The number of anilines is 1. The highest BCUT2D eigenvalue weighted by molar-refractivity contribution is 14.1. The monoisotopic (exact) mass is 889 g/mol. The number of carboxylic acids is 1. The normalized spacial score (nSPS) is 19.7. The smallest absolute Gasteiger partial charge is 0.416 e. The minimum atomic E-state index is -5.07. The fourth-order valence-electron chi connectivity index (χ4n) is 5.44. The zero-order chi connectivity index (χ0) is 34.4. The molecule has 1 amide bonds. The van der Waals surface area contributed by atoms with E-state index < -0.39 is 61.1 Å². The second-order valence-corrected chi connectivity index (χ2v) is 13.8. The molecule has 1 N–H and O–H groups in total. The van der Waals surface area contributed by atoms with Crippen LogP contribution in [0.1, 0.15) is 51.3 Å². The van der Waals surface area contributed by atoms with Crippen molar-refractivity contribution in [3.8, 4) is 16.9 Å². The Balaban J connectivity index is 1.55. The van der Waals surface area contributed by atoms with Crippen LogP contribution in [0.15, 0.2) is 48.5 Å². The molecule has 0 spiro atoms. The van der Waals surface area contributed by atoms with Gasteiger partial charge in [0.15, 0.2) is 0 Å². The summed E-state index contributed by atoms with van der Waals surface area (Å²) in [7, 11) is 1.47. The zero-order valence-corrected chi connectivity index (χ0v) is 29.0. The van der Waals surface area contributed by atoms with E-state index in [1.54, 1.807) is 30.3 Å². The van der Waals surface area contributed by atoms with Crippen LogP contribution in [0.2, 0.25) is 0 Å². The van der Waals surface area contributed by atoms with Gasteiger partial charge >= 0.3 is 24.4 Å². The summed E-state index contributed by atoms with van der Waals surface area (Å²) in [5, 5.41) is 9.57. The van der Waals surface area contributed by atoms with Gasteiger partial charge in [0.2, 0.25) is 0 Å². The number of hydrogen-bond acceptors (Lipinski definition) is 6. The molecule has 2 fully saturated rings. The Morgan fingerprint density at radius 1 is 1.02 bits per heavy atom. The maximum Gasteiger partial charge on any atom is 0.416 e. The molecule has 3 aromatic rings. The van der Waals surface area contributed by atoms with E-state index in [4.69, 9.17) is 14.5 Å². The molecule has 0 unspecified atom stereocenters. The van der Waals surface area contributed by atoms with E-state index in [0.717, 1.165) is 19.5 Å². The van der Waals surface area contributed by atoms with Crippen LogP contribution >= 0.6 is 45.2 Å². The Kier molecular flexibility index (Phi) is 10.1. The Morgan fingerprint density at radius 2 is 1.66 bits per heavy atom. The topological polar surface area (TPSA) is 92.2 Å². The van der Waals surface area contributed by atoms with E-state index >= 15 is 0 Å². The number of halogens is 8. The van der Waals surface area contributed by atoms with Gasteiger partial charge in [-0.05, 0) is 66.9 Å². The third-order valence-electron chi connectivity index (χ3n) is 8.12. The standard InChI is InChI=1S/C31H27F6I2N3O5/c1-15-27(17-10-18(30(32,33)34)13-19(11-17)31(35,36)37)47-29(45)42(15)14-22-20(5-7-24(40-22)41-8-3-9-41)21-12-16(4-6-23(21)46-2)25(38)26(39)28(43)44/h4-7,10-13,15,25-27H,3,8-9,14H2,1-2H3,(H,43,44)/t15-,25+,26-,27-/m0/s1. The number of carbonyl (C=O) groups is 2. The molecule has 0 radical (unpaired) electrons. The number of carbonyl (C=O) groups excluding carboxylic acids is 1. The number of hydrogen-bond donors (Lipinski definition) is 1. The fraction of sp³-hybridized carbons (Fsp3) is 0.387. The van der Waals surface area contributed by atoms with Crippen LogP contribution in [0, 0.1) is 0 Å². The number of methoxy groups -OCH3 is 1. The van der Waals surface area contributed by atoms with Gasteiger partial charge in [-0.3, -0.25) is 9.69 Å². The van der Waals surface area contributed by atoms with Crippen LogP contribution in [-0.2, 0) is 28.4 Å². The summed E-state index contributed by atoms with van der Waals surface area (Å²) in [5.41, 5.74) is -1.28. The number of ether oxygens (including phenoxy) is 2. The van der Waals surface area contributed by atoms with Crippen molar-refractivity contribution in [1.29, 1.82) is 0 Å². The van der Waals surface area contributed by atoms with Crippen LogP contribution in [0.5, 0.6) is 5.75 Å². The van der Waals surface area contributed by atoms with Crippen LogP contribution in [0.25, 0.3) is 11.1 Å². The summed E-state index contributed by atoms with van der Waals surface area (Å²) in [5.74, 6) is 0.0818. The number of aromatic nitrogens is 1. The van der Waals surface area contributed by atoms with E-state index in [0.29, 0.717) is 46.1 Å². The van der Waals surface area contributed by atoms with E-state index in [-0.39, 0.29) is 12.6 Å². The molecule has 16 heteroatoms. The summed E-state index contributed by atoms with van der Waals surface area (Å²) in [6.07, 6.45) is -11.5. The molecule has 3 heterocycles. The van der Waals surface area contributed by atoms with Crippen molar-refractivity contribution in [3.05, 3.63) is 76.5 Å². The first kappa shape index (κ1) is 35.3. The van der Waals surface area contributed by atoms with Crippen molar-refractivity contribution in [1.82, 2.24) is 9.88 Å². The van der Waals surface area contributed by atoms with Crippen LogP contribution in [0.3, 0.4) is 0 Å². The number of nitrogens with zero attached hydrogens (tertiary/aromatic N) is 3. The Bertz CT molecular complexity index is 1650. The van der Waals surface area contributed by atoms with Crippen LogP contribution < -0.4 is 9.64 Å². The molecule has 252 valence electrons. The lowest BCUT2D eigenvalue weighted by Gasteiger charge is -2.33. The Hall–Kier alpha value is -3.03. The van der Waals surface area contributed by atoms with Gasteiger partial charge in [0, 0.05) is 24.2 Å². The van der Waals surface area contributed by atoms with Gasteiger partial charge in [-0.2, -0.15) is 26.3 Å². The van der Waals surface area contributed by atoms with E-state index in [1.807, 2.05) is 50.1 Å². The number of carboxylic acid groups (broad SMARTS) is 1. The SMILES string of the molecule is COc1ccc([C@@H](I)[C@H](I)C(=O)O)cc1-c1ccc(N2CCC2)nc1CN1C(=O)O[C@H](c2cc(C(F)(F)F)cc(C(F)(F)F)c2)[C@@H]1C. The molecular formula is C31H27F6I2N3O5. The molecule has 1 aromatic heterocycles. The average Bonchev–Trinajstić information content (AvgIpc) is 3.26. The summed E-state index contributed by atoms with van der Waals surface area (Å²) >= 11 is 3.90. The maximum atomic E-state index is 13.6. The molecule has 2 aromatic carbocycles. The van der Waals surface area contributed by atoms with E-state index in [9.17, 15) is 41.0 Å². The van der Waals surface area contributed by atoms with Gasteiger partial charge < -0.3 is 19.5 Å². The number of amides is 1. The minimum absolute atomic E-state index is 0.0265. The van der Waals surface area contributed by atoms with Crippen molar-refractivity contribution in [2.45, 2.75) is 52.2 Å². The highest BCUT2D eigenvalue weighted by Crippen LogP contribution is 2.43. The first-order chi connectivity index (χ1) is 22.0. The molecule has 0 saturated carbocycles. The summed E-state index contributed by atoms with van der Waals surface area (Å²) in [4.78, 5) is 33.0. The molecular weight excluding hydrogens is 862 g/mol. The first-order valence-corrected chi connectivity index (χ1v) is 16.7. The van der Waals surface area contributed by atoms with Crippen LogP contribution in [-0.4, -0.2) is 57.2 Å². The number of pyridine rings is 1. The summed E-state index contributed by atoms with van der Waals surface area (Å²) in [6, 6.07) is 9.02. The number of alkyl halides is 8. The van der Waals surface area contributed by atoms with Gasteiger partial charge in [0.1, 0.15) is 21.6 Å².